The summed E-state index contributed by atoms with van der Waals surface area (Å²) in [6.07, 6.45) is 8.48. The number of hydrogen-bond acceptors (Lipinski definition) is 10. The average Bonchev–Trinajstić information content (AvgIpc) is 3.62. The molecule has 2 aromatic carbocycles. The van der Waals surface area contributed by atoms with E-state index in [9.17, 15) is 18.0 Å². The van der Waals surface area contributed by atoms with Gasteiger partial charge in [0.05, 0.1) is 54.1 Å². The van der Waals surface area contributed by atoms with Gasteiger partial charge in [-0.25, -0.2) is 13.2 Å². The van der Waals surface area contributed by atoms with Gasteiger partial charge in [-0.2, -0.15) is 5.10 Å². The Morgan fingerprint density at radius 2 is 1.66 bits per heavy atom. The lowest BCUT2D eigenvalue weighted by Gasteiger charge is -2.34. The van der Waals surface area contributed by atoms with E-state index >= 15 is 0 Å². The van der Waals surface area contributed by atoms with E-state index in [1.165, 1.54) is 12.8 Å². The molecule has 15 heteroatoms. The maximum atomic E-state index is 13.8. The molecule has 0 bridgehead atoms. The zero-order chi connectivity index (χ0) is 38.5. The first-order chi connectivity index (χ1) is 24.8. The van der Waals surface area contributed by atoms with Crippen molar-refractivity contribution in [2.75, 3.05) is 41.5 Å². The summed E-state index contributed by atoms with van der Waals surface area (Å²) in [7, 11) is -2.19. The van der Waals surface area contributed by atoms with Crippen LogP contribution in [0.2, 0.25) is 0 Å². The molecule has 2 fully saturated rings. The van der Waals surface area contributed by atoms with Crippen molar-refractivity contribution in [3.63, 3.8) is 0 Å². The van der Waals surface area contributed by atoms with Crippen molar-refractivity contribution in [2.45, 2.75) is 97.1 Å². The third kappa shape index (κ3) is 8.73. The molecule has 53 heavy (non-hydrogen) atoms. The van der Waals surface area contributed by atoms with Crippen LogP contribution in [-0.2, 0) is 20.2 Å². The Labute approximate surface area is 312 Å². The van der Waals surface area contributed by atoms with Gasteiger partial charge < -0.3 is 25.1 Å². The van der Waals surface area contributed by atoms with Crippen LogP contribution in [0, 0.1) is 6.92 Å². The number of rotatable bonds is 9. The Bertz CT molecular complexity index is 2030. The standard InChI is InChI=1S/C38H52N8O6S/c1-23-10-11-25(35(47)40-29-19-26(37(2,3)4)20-30(34(29)51-8)42-53(9,49)50)18-32(23)45-22-31(41-43-45)28-21-39-46(27-12-13-27)33(28)24-14-16-44(17-15-24)36(48)52-38(5,6)7/h10-11,18-22,24,27,41-43H,12-17H2,1-9H3,(H,40,47). The summed E-state index contributed by atoms with van der Waals surface area (Å²) >= 11 is 0. The molecule has 0 radical (unpaired) electrons. The fourth-order valence-electron chi connectivity index (χ4n) is 6.69. The molecular formula is C38H52N8O6S. The van der Waals surface area contributed by atoms with Gasteiger partial charge in [0.15, 0.2) is 5.75 Å². The minimum absolute atomic E-state index is 0.208. The number of benzene rings is 2. The third-order valence-electron chi connectivity index (χ3n) is 9.55. The molecule has 2 aliphatic heterocycles. The number of aryl methyl sites for hydroxylation is 1. The maximum absolute atomic E-state index is 13.8. The second-order valence-electron chi connectivity index (χ2n) is 16.2. The van der Waals surface area contributed by atoms with Crippen molar-refractivity contribution in [3.8, 4) is 5.75 Å². The number of amides is 2. The van der Waals surface area contributed by atoms with E-state index in [1.54, 1.807) is 29.2 Å². The summed E-state index contributed by atoms with van der Waals surface area (Å²) in [4.78, 5) is 28.4. The molecule has 3 heterocycles. The van der Waals surface area contributed by atoms with E-state index < -0.39 is 15.6 Å². The first-order valence-corrected chi connectivity index (χ1v) is 19.9. The molecule has 4 N–H and O–H groups in total. The van der Waals surface area contributed by atoms with Crippen LogP contribution in [-0.4, -0.2) is 67.2 Å². The van der Waals surface area contributed by atoms with Gasteiger partial charge in [0.2, 0.25) is 10.0 Å². The monoisotopic (exact) mass is 748 g/mol. The van der Waals surface area contributed by atoms with Crippen LogP contribution in [0.3, 0.4) is 0 Å². The van der Waals surface area contributed by atoms with Gasteiger partial charge in [-0.1, -0.05) is 26.8 Å². The Hall–Kier alpha value is -4.76. The molecule has 0 unspecified atom stereocenters. The summed E-state index contributed by atoms with van der Waals surface area (Å²) in [6.45, 7) is 14.9. The summed E-state index contributed by atoms with van der Waals surface area (Å²) < 4.78 is 40.3. The first-order valence-electron chi connectivity index (χ1n) is 18.0. The highest BCUT2D eigenvalue weighted by molar-refractivity contribution is 7.92. The SMILES string of the molecule is COc1c(NC(=O)c2ccc(C)c(N3C=C(c4cnn(C5CC5)c4C4CCN(C(=O)OC(C)(C)C)CC4)NN3)c2)cc(C(C)(C)C)cc1NS(C)(=O)=O. The smallest absolute Gasteiger partial charge is 0.410 e. The lowest BCUT2D eigenvalue weighted by atomic mass is 9.86. The van der Waals surface area contributed by atoms with E-state index in [-0.39, 0.29) is 34.8 Å². The van der Waals surface area contributed by atoms with Crippen molar-refractivity contribution < 1.29 is 27.5 Å². The molecule has 0 atom stereocenters. The third-order valence-corrected chi connectivity index (χ3v) is 10.1. The van der Waals surface area contributed by atoms with Crippen molar-refractivity contribution in [2.24, 2.45) is 0 Å². The van der Waals surface area contributed by atoms with Gasteiger partial charge in [0, 0.05) is 36.3 Å². The molecule has 0 spiro atoms. The molecule has 14 nitrogen and oxygen atoms in total. The Morgan fingerprint density at radius 3 is 2.26 bits per heavy atom. The number of ether oxygens (including phenoxy) is 2. The summed E-state index contributed by atoms with van der Waals surface area (Å²) in [6, 6.07) is 9.34. The molecule has 1 saturated carbocycles. The Kier molecular flexibility index (Phi) is 10.2. The quantitative estimate of drug-likeness (QED) is 0.193. The van der Waals surface area contributed by atoms with Crippen LogP contribution >= 0.6 is 0 Å². The van der Waals surface area contributed by atoms with Crippen molar-refractivity contribution >= 4 is 44.8 Å². The van der Waals surface area contributed by atoms with E-state index in [4.69, 9.17) is 14.6 Å². The number of hydrazine groups is 2. The predicted octanol–water partition coefficient (Wildman–Crippen LogP) is 6.40. The minimum Gasteiger partial charge on any atom is -0.492 e. The number of hydrogen-bond donors (Lipinski definition) is 4. The van der Waals surface area contributed by atoms with Gasteiger partial charge in [0.25, 0.3) is 5.91 Å². The first kappa shape index (κ1) is 38.0. The van der Waals surface area contributed by atoms with Crippen LogP contribution in [0.25, 0.3) is 5.70 Å². The van der Waals surface area contributed by atoms with Crippen LogP contribution in [0.4, 0.5) is 21.9 Å². The molecule has 6 rings (SSSR count). The number of carbonyl (C=O) groups excluding carboxylic acids is 2. The Morgan fingerprint density at radius 1 is 0.981 bits per heavy atom. The number of carbonyl (C=O) groups is 2. The number of aromatic nitrogens is 2. The van der Waals surface area contributed by atoms with E-state index in [0.717, 1.165) is 60.0 Å². The lowest BCUT2D eigenvalue weighted by Crippen LogP contribution is -2.41. The molecule has 286 valence electrons. The summed E-state index contributed by atoms with van der Waals surface area (Å²) in [5.41, 5.74) is 12.2. The number of anilines is 3. The molecule has 1 saturated heterocycles. The minimum atomic E-state index is -3.62. The van der Waals surface area contributed by atoms with Crippen molar-refractivity contribution in [1.82, 2.24) is 25.6 Å². The molecule has 3 aliphatic rings. The van der Waals surface area contributed by atoms with E-state index in [1.807, 2.05) is 71.9 Å². The van der Waals surface area contributed by atoms with Gasteiger partial charge in [-0.05, 0) is 94.2 Å². The number of piperidine rings is 1. The average molecular weight is 749 g/mol. The molecular weight excluding hydrogens is 697 g/mol. The second-order valence-corrected chi connectivity index (χ2v) is 17.9. The van der Waals surface area contributed by atoms with Crippen molar-refractivity contribution in [3.05, 3.63) is 70.7 Å². The zero-order valence-electron chi connectivity index (χ0n) is 32.1. The predicted molar refractivity (Wildman–Crippen MR) is 206 cm³/mol. The van der Waals surface area contributed by atoms with Crippen LogP contribution in [0.5, 0.6) is 5.75 Å². The molecule has 1 aliphatic carbocycles. The Balaban J connectivity index is 1.24. The summed E-state index contributed by atoms with van der Waals surface area (Å²) in [5, 5.41) is 9.64. The summed E-state index contributed by atoms with van der Waals surface area (Å²) in [5.74, 6) is 0.0439. The lowest BCUT2D eigenvalue weighted by molar-refractivity contribution is 0.0203. The highest BCUT2D eigenvalue weighted by Crippen LogP contribution is 2.43. The fraction of sp³-hybridized carbons (Fsp3) is 0.500. The number of nitrogens with one attached hydrogen (secondary N) is 4. The molecule has 3 aromatic rings. The maximum Gasteiger partial charge on any atom is 0.410 e. The highest BCUT2D eigenvalue weighted by Gasteiger charge is 2.36. The van der Waals surface area contributed by atoms with Gasteiger partial charge in [-0.3, -0.25) is 19.2 Å². The van der Waals surface area contributed by atoms with Crippen LogP contribution in [0.1, 0.15) is 112 Å². The number of nitrogens with zero attached hydrogens (tertiary/aromatic N) is 4. The van der Waals surface area contributed by atoms with Crippen molar-refractivity contribution in [1.29, 1.82) is 0 Å². The molecule has 2 amide bonds. The van der Waals surface area contributed by atoms with E-state index in [2.05, 4.69) is 25.7 Å². The van der Waals surface area contributed by atoms with E-state index in [0.29, 0.717) is 30.4 Å². The largest absolute Gasteiger partial charge is 0.492 e. The number of sulfonamides is 1. The van der Waals surface area contributed by atoms with Gasteiger partial charge >= 0.3 is 6.09 Å². The van der Waals surface area contributed by atoms with Gasteiger partial charge in [-0.15, -0.1) is 5.53 Å². The fourth-order valence-corrected chi connectivity index (χ4v) is 7.24. The zero-order valence-corrected chi connectivity index (χ0v) is 32.9. The second kappa shape index (κ2) is 14.2. The topological polar surface area (TPSA) is 159 Å². The number of likely N-dealkylation sites (tertiary alicyclic amines) is 1. The number of methoxy groups -OCH3 is 1. The normalized spacial score (nSPS) is 17.0. The highest BCUT2D eigenvalue weighted by atomic mass is 32.2. The van der Waals surface area contributed by atoms with Crippen LogP contribution in [0.15, 0.2) is 42.7 Å². The molecule has 1 aromatic heterocycles. The van der Waals surface area contributed by atoms with Gasteiger partial charge in [0.1, 0.15) is 5.60 Å². The van der Waals surface area contributed by atoms with Crippen LogP contribution < -0.4 is 30.7 Å².